The lowest BCUT2D eigenvalue weighted by atomic mass is 10.0. The van der Waals surface area contributed by atoms with Crippen LogP contribution in [-0.4, -0.2) is 20.1 Å². The van der Waals surface area contributed by atoms with Crippen molar-refractivity contribution in [2.75, 3.05) is 0 Å². The van der Waals surface area contributed by atoms with E-state index in [1.165, 1.54) is 6.26 Å². The standard InChI is InChI=1S/C22H13Cl2N3O.C3H3NO/c23-16-4-1-14(2-5-16)22-19-13-15(3-10-20(19)26-28-22)21-11-12-25-27(21)18-8-6-17(24)7-9-18;1-2-4-5-3-1/h1-13H;1-3H. The van der Waals surface area contributed by atoms with Gasteiger partial charge in [0.05, 0.1) is 29.2 Å². The first-order chi connectivity index (χ1) is 16.2. The average Bonchev–Trinajstić information content (AvgIpc) is 3.62. The van der Waals surface area contributed by atoms with E-state index >= 15 is 0 Å². The van der Waals surface area contributed by atoms with Gasteiger partial charge in [-0.05, 0) is 72.8 Å². The van der Waals surface area contributed by atoms with Gasteiger partial charge >= 0.3 is 0 Å². The van der Waals surface area contributed by atoms with E-state index in [0.29, 0.717) is 15.8 Å². The molecule has 0 atom stereocenters. The lowest BCUT2D eigenvalue weighted by molar-refractivity contribution is 0.420. The molecular formula is C25H16Cl2N4O2. The fourth-order valence-electron chi connectivity index (χ4n) is 3.40. The van der Waals surface area contributed by atoms with E-state index in [-0.39, 0.29) is 0 Å². The van der Waals surface area contributed by atoms with Crippen molar-refractivity contribution in [3.63, 3.8) is 0 Å². The van der Waals surface area contributed by atoms with Gasteiger partial charge < -0.3 is 9.05 Å². The Hall–Kier alpha value is -3.87. The predicted octanol–water partition coefficient (Wildman–Crippen LogP) is 7.33. The maximum absolute atomic E-state index is 6.01. The number of hydrogen-bond acceptors (Lipinski definition) is 5. The molecule has 0 aliphatic heterocycles. The van der Waals surface area contributed by atoms with Gasteiger partial charge in [-0.2, -0.15) is 5.10 Å². The highest BCUT2D eigenvalue weighted by molar-refractivity contribution is 6.30. The van der Waals surface area contributed by atoms with Crippen LogP contribution < -0.4 is 0 Å². The van der Waals surface area contributed by atoms with Gasteiger partial charge in [0.25, 0.3) is 0 Å². The zero-order valence-electron chi connectivity index (χ0n) is 17.1. The van der Waals surface area contributed by atoms with Crippen molar-refractivity contribution in [1.29, 1.82) is 0 Å². The van der Waals surface area contributed by atoms with E-state index in [1.807, 2.05) is 71.4 Å². The van der Waals surface area contributed by atoms with E-state index in [0.717, 1.165) is 33.4 Å². The van der Waals surface area contributed by atoms with Crippen molar-refractivity contribution in [2.24, 2.45) is 0 Å². The zero-order valence-corrected chi connectivity index (χ0v) is 18.6. The normalized spacial score (nSPS) is 10.7. The smallest absolute Gasteiger partial charge is 0.174 e. The molecule has 0 fully saturated rings. The summed E-state index contributed by atoms with van der Waals surface area (Å²) in [4.78, 5) is 0. The molecule has 3 aromatic heterocycles. The van der Waals surface area contributed by atoms with Crippen molar-refractivity contribution < 1.29 is 9.05 Å². The van der Waals surface area contributed by atoms with Crippen molar-refractivity contribution in [1.82, 2.24) is 20.1 Å². The Kier molecular flexibility index (Phi) is 5.93. The Morgan fingerprint density at radius 1 is 0.758 bits per heavy atom. The highest BCUT2D eigenvalue weighted by atomic mass is 35.5. The van der Waals surface area contributed by atoms with Crippen LogP contribution in [0.4, 0.5) is 0 Å². The third kappa shape index (κ3) is 4.53. The van der Waals surface area contributed by atoms with Crippen molar-refractivity contribution in [3.8, 4) is 28.3 Å². The van der Waals surface area contributed by atoms with E-state index in [4.69, 9.17) is 27.7 Å². The highest BCUT2D eigenvalue weighted by Crippen LogP contribution is 2.33. The number of rotatable bonds is 3. The van der Waals surface area contributed by atoms with Gasteiger partial charge in [0.2, 0.25) is 0 Å². The van der Waals surface area contributed by atoms with E-state index in [2.05, 4.69) is 26.0 Å². The molecule has 0 aliphatic rings. The summed E-state index contributed by atoms with van der Waals surface area (Å²) in [5, 5.41) is 14.3. The quantitative estimate of drug-likeness (QED) is 0.268. The van der Waals surface area contributed by atoms with Crippen LogP contribution in [0.15, 0.2) is 107 Å². The number of fused-ring (bicyclic) bond motifs is 1. The highest BCUT2D eigenvalue weighted by Gasteiger charge is 2.14. The van der Waals surface area contributed by atoms with Crippen molar-refractivity contribution >= 4 is 34.1 Å². The molecule has 0 saturated carbocycles. The number of benzene rings is 3. The van der Waals surface area contributed by atoms with Crippen LogP contribution >= 0.6 is 23.2 Å². The topological polar surface area (TPSA) is 69.9 Å². The molecule has 3 aromatic carbocycles. The van der Waals surface area contributed by atoms with E-state index < -0.39 is 0 Å². The van der Waals surface area contributed by atoms with Gasteiger partial charge in [-0.25, -0.2) is 4.68 Å². The first kappa shape index (κ1) is 21.0. The SMILES string of the molecule is Clc1ccc(-c2onc3ccc(-c4ccnn4-c4ccc(Cl)cc4)cc23)cc1.c1cnoc1. The Bertz CT molecular complexity index is 1450. The van der Waals surface area contributed by atoms with Crippen LogP contribution in [0.5, 0.6) is 0 Å². The molecule has 0 bridgehead atoms. The van der Waals surface area contributed by atoms with E-state index in [1.54, 1.807) is 18.5 Å². The maximum atomic E-state index is 6.01. The molecule has 6 aromatic rings. The second-order valence-electron chi connectivity index (χ2n) is 7.04. The maximum Gasteiger partial charge on any atom is 0.174 e. The lowest BCUT2D eigenvalue weighted by Gasteiger charge is -2.08. The summed E-state index contributed by atoms with van der Waals surface area (Å²) in [5.74, 6) is 0.714. The third-order valence-corrected chi connectivity index (χ3v) is 5.44. The predicted molar refractivity (Wildman–Crippen MR) is 129 cm³/mol. The fourth-order valence-corrected chi connectivity index (χ4v) is 3.65. The third-order valence-electron chi connectivity index (χ3n) is 4.94. The second-order valence-corrected chi connectivity index (χ2v) is 7.92. The number of aromatic nitrogens is 4. The van der Waals surface area contributed by atoms with Crippen LogP contribution in [0.1, 0.15) is 0 Å². The molecule has 0 amide bonds. The zero-order chi connectivity index (χ0) is 22.6. The van der Waals surface area contributed by atoms with Gasteiger partial charge in [0.15, 0.2) is 5.76 Å². The molecule has 6 rings (SSSR count). The summed E-state index contributed by atoms with van der Waals surface area (Å²) in [6, 6.07) is 24.8. The summed E-state index contributed by atoms with van der Waals surface area (Å²) in [6.45, 7) is 0. The Balaban J connectivity index is 0.000000406. The summed E-state index contributed by atoms with van der Waals surface area (Å²) in [7, 11) is 0. The lowest BCUT2D eigenvalue weighted by Crippen LogP contribution is -1.98. The molecule has 162 valence electrons. The number of nitrogens with zero attached hydrogens (tertiary/aromatic N) is 4. The van der Waals surface area contributed by atoms with Gasteiger partial charge in [0.1, 0.15) is 11.8 Å². The molecule has 33 heavy (non-hydrogen) atoms. The monoisotopic (exact) mass is 474 g/mol. The minimum Gasteiger partial charge on any atom is -0.365 e. The molecule has 0 radical (unpaired) electrons. The first-order valence-corrected chi connectivity index (χ1v) is 10.7. The van der Waals surface area contributed by atoms with Crippen LogP contribution in [0.3, 0.4) is 0 Å². The van der Waals surface area contributed by atoms with Gasteiger partial charge in [-0.15, -0.1) is 0 Å². The van der Waals surface area contributed by atoms with Crippen molar-refractivity contribution in [3.05, 3.63) is 108 Å². The van der Waals surface area contributed by atoms with Crippen LogP contribution in [0, 0.1) is 0 Å². The van der Waals surface area contributed by atoms with Crippen LogP contribution in [0.2, 0.25) is 10.0 Å². The Morgan fingerprint density at radius 2 is 1.48 bits per heavy atom. The molecule has 0 saturated heterocycles. The fraction of sp³-hybridized carbons (Fsp3) is 0. The van der Waals surface area contributed by atoms with Gasteiger partial charge in [-0.3, -0.25) is 0 Å². The number of halogens is 2. The Morgan fingerprint density at radius 3 is 2.15 bits per heavy atom. The molecule has 0 aliphatic carbocycles. The number of hydrogen-bond donors (Lipinski definition) is 0. The average molecular weight is 475 g/mol. The second kappa shape index (κ2) is 9.32. The molecule has 8 heteroatoms. The molecular weight excluding hydrogens is 459 g/mol. The Labute approximate surface area is 198 Å². The minimum absolute atomic E-state index is 0.681. The molecule has 0 spiro atoms. The first-order valence-electron chi connectivity index (χ1n) is 9.99. The molecule has 6 nitrogen and oxygen atoms in total. The molecule has 3 heterocycles. The van der Waals surface area contributed by atoms with Crippen LogP contribution in [-0.2, 0) is 0 Å². The molecule has 0 N–H and O–H groups in total. The van der Waals surface area contributed by atoms with Crippen molar-refractivity contribution in [2.45, 2.75) is 0 Å². The summed E-state index contributed by atoms with van der Waals surface area (Å²) >= 11 is 12.0. The molecule has 0 unspecified atom stereocenters. The van der Waals surface area contributed by atoms with Gasteiger partial charge in [-0.1, -0.05) is 39.6 Å². The van der Waals surface area contributed by atoms with Gasteiger partial charge in [0, 0.05) is 21.2 Å². The summed E-state index contributed by atoms with van der Waals surface area (Å²) in [6.07, 6.45) is 4.88. The largest absolute Gasteiger partial charge is 0.365 e. The summed E-state index contributed by atoms with van der Waals surface area (Å²) in [5.41, 5.74) is 4.64. The van der Waals surface area contributed by atoms with Crippen LogP contribution in [0.25, 0.3) is 39.2 Å². The van der Waals surface area contributed by atoms with E-state index in [9.17, 15) is 0 Å². The minimum atomic E-state index is 0.681. The summed E-state index contributed by atoms with van der Waals surface area (Å²) < 4.78 is 11.8.